The van der Waals surface area contributed by atoms with Crippen molar-refractivity contribution in [2.75, 3.05) is 17.1 Å². The van der Waals surface area contributed by atoms with Gasteiger partial charge in [0, 0.05) is 16.6 Å². The van der Waals surface area contributed by atoms with Gasteiger partial charge in [0.2, 0.25) is 15.9 Å². The number of hydrogen-bond acceptors (Lipinski definition) is 3. The van der Waals surface area contributed by atoms with Gasteiger partial charge in [0.1, 0.15) is 6.54 Å². The van der Waals surface area contributed by atoms with Crippen LogP contribution in [0.2, 0.25) is 10.0 Å². The SMILES string of the molecule is Cc1cccc(CNC(=O)CN(c2cc(Cl)cc(Cl)c2)S(C)(=O)=O)c1. The molecule has 1 N–H and O–H groups in total. The molecule has 2 rings (SSSR count). The summed E-state index contributed by atoms with van der Waals surface area (Å²) in [5.74, 6) is -0.428. The van der Waals surface area contributed by atoms with Crippen LogP contribution in [0.15, 0.2) is 42.5 Å². The monoisotopic (exact) mass is 400 g/mol. The predicted octanol–water partition coefficient (Wildman–Crippen LogP) is 3.38. The minimum Gasteiger partial charge on any atom is -0.350 e. The second kappa shape index (κ2) is 8.08. The molecule has 0 heterocycles. The quantitative estimate of drug-likeness (QED) is 0.807. The van der Waals surface area contributed by atoms with Crippen LogP contribution >= 0.6 is 23.2 Å². The molecule has 5 nitrogen and oxygen atoms in total. The first-order valence-corrected chi connectivity index (χ1v) is 10.0. The van der Waals surface area contributed by atoms with Gasteiger partial charge in [0.15, 0.2) is 0 Å². The predicted molar refractivity (Wildman–Crippen MR) is 102 cm³/mol. The molecule has 0 fully saturated rings. The summed E-state index contributed by atoms with van der Waals surface area (Å²) in [6.07, 6.45) is 1.02. The molecule has 0 atom stereocenters. The maximum Gasteiger partial charge on any atom is 0.241 e. The number of sulfonamides is 1. The Hall–Kier alpha value is -1.76. The molecule has 2 aromatic carbocycles. The molecule has 0 aliphatic rings. The fourth-order valence-electron chi connectivity index (χ4n) is 2.29. The molecule has 2 aromatic rings. The summed E-state index contributed by atoms with van der Waals surface area (Å²) >= 11 is 11.9. The first-order valence-electron chi connectivity index (χ1n) is 7.41. The molecule has 0 saturated carbocycles. The topological polar surface area (TPSA) is 66.5 Å². The lowest BCUT2D eigenvalue weighted by Gasteiger charge is -2.22. The van der Waals surface area contributed by atoms with Crippen LogP contribution in [-0.4, -0.2) is 27.1 Å². The number of carbonyl (C=O) groups is 1. The molecule has 0 bridgehead atoms. The smallest absolute Gasteiger partial charge is 0.241 e. The lowest BCUT2D eigenvalue weighted by molar-refractivity contribution is -0.119. The van der Waals surface area contributed by atoms with Crippen molar-refractivity contribution in [1.82, 2.24) is 5.32 Å². The molecule has 25 heavy (non-hydrogen) atoms. The molecule has 0 unspecified atom stereocenters. The third-order valence-electron chi connectivity index (χ3n) is 3.40. The number of rotatable bonds is 6. The molecule has 8 heteroatoms. The van der Waals surface area contributed by atoms with E-state index in [1.54, 1.807) is 0 Å². The molecule has 0 spiro atoms. The number of hydrogen-bond donors (Lipinski definition) is 1. The number of aryl methyl sites for hydroxylation is 1. The van der Waals surface area contributed by atoms with Crippen molar-refractivity contribution in [2.24, 2.45) is 0 Å². The Kier molecular flexibility index (Phi) is 6.32. The molecule has 0 aromatic heterocycles. The summed E-state index contributed by atoms with van der Waals surface area (Å²) in [5.41, 5.74) is 2.26. The standard InChI is InChI=1S/C17H18Cl2N2O3S/c1-12-4-3-5-13(6-12)10-20-17(22)11-21(25(2,23)24)16-8-14(18)7-15(19)9-16/h3-9H,10-11H2,1-2H3,(H,20,22). The van der Waals surface area contributed by atoms with Crippen molar-refractivity contribution in [2.45, 2.75) is 13.5 Å². The second-order valence-electron chi connectivity index (χ2n) is 5.66. The van der Waals surface area contributed by atoms with E-state index in [2.05, 4.69) is 5.32 Å². The normalized spacial score (nSPS) is 11.2. The van der Waals surface area contributed by atoms with E-state index in [1.807, 2.05) is 31.2 Å². The fourth-order valence-corrected chi connectivity index (χ4v) is 3.65. The maximum atomic E-state index is 12.2. The minimum atomic E-state index is -3.68. The lowest BCUT2D eigenvalue weighted by atomic mass is 10.1. The Morgan fingerprint density at radius 3 is 2.32 bits per heavy atom. The Bertz CT molecular complexity index is 865. The van der Waals surface area contributed by atoms with Crippen LogP contribution < -0.4 is 9.62 Å². The number of amides is 1. The number of nitrogens with one attached hydrogen (secondary N) is 1. The van der Waals surface area contributed by atoms with Crippen LogP contribution in [0.4, 0.5) is 5.69 Å². The minimum absolute atomic E-state index is 0.241. The molecular weight excluding hydrogens is 383 g/mol. The van der Waals surface area contributed by atoms with Crippen molar-refractivity contribution < 1.29 is 13.2 Å². The highest BCUT2D eigenvalue weighted by atomic mass is 35.5. The number of anilines is 1. The van der Waals surface area contributed by atoms with Crippen molar-refractivity contribution in [3.63, 3.8) is 0 Å². The van der Waals surface area contributed by atoms with Crippen LogP contribution in [0, 0.1) is 6.92 Å². The zero-order valence-corrected chi connectivity index (χ0v) is 16.1. The highest BCUT2D eigenvalue weighted by Gasteiger charge is 2.21. The van der Waals surface area contributed by atoms with E-state index in [0.717, 1.165) is 21.7 Å². The van der Waals surface area contributed by atoms with Crippen LogP contribution in [0.5, 0.6) is 0 Å². The van der Waals surface area contributed by atoms with Gasteiger partial charge in [-0.2, -0.15) is 0 Å². The summed E-state index contributed by atoms with van der Waals surface area (Å²) < 4.78 is 25.1. The third-order valence-corrected chi connectivity index (χ3v) is 4.97. The summed E-state index contributed by atoms with van der Waals surface area (Å²) in [6, 6.07) is 12.1. The van der Waals surface area contributed by atoms with Gasteiger partial charge in [-0.15, -0.1) is 0 Å². The molecule has 0 aliphatic carbocycles. The van der Waals surface area contributed by atoms with Crippen LogP contribution in [0.3, 0.4) is 0 Å². The zero-order chi connectivity index (χ0) is 18.6. The average Bonchev–Trinajstić information content (AvgIpc) is 2.48. The maximum absolute atomic E-state index is 12.2. The van der Waals surface area contributed by atoms with Gasteiger partial charge in [-0.05, 0) is 30.7 Å². The molecule has 0 radical (unpaired) electrons. The highest BCUT2D eigenvalue weighted by Crippen LogP contribution is 2.26. The van der Waals surface area contributed by atoms with Crippen LogP contribution in [0.1, 0.15) is 11.1 Å². The lowest BCUT2D eigenvalue weighted by Crippen LogP contribution is -2.40. The second-order valence-corrected chi connectivity index (χ2v) is 8.44. The third kappa shape index (κ3) is 5.92. The summed E-state index contributed by atoms with van der Waals surface area (Å²) in [6.45, 7) is 1.91. The highest BCUT2D eigenvalue weighted by molar-refractivity contribution is 7.92. The van der Waals surface area contributed by atoms with E-state index in [4.69, 9.17) is 23.2 Å². The number of halogens is 2. The Morgan fingerprint density at radius 1 is 1.12 bits per heavy atom. The van der Waals surface area contributed by atoms with Gasteiger partial charge in [-0.3, -0.25) is 9.10 Å². The van der Waals surface area contributed by atoms with E-state index in [-0.39, 0.29) is 22.3 Å². The number of carbonyl (C=O) groups excluding carboxylic acids is 1. The van der Waals surface area contributed by atoms with E-state index in [0.29, 0.717) is 6.54 Å². The van der Waals surface area contributed by atoms with Gasteiger partial charge in [-0.25, -0.2) is 8.42 Å². The molecule has 0 aliphatic heterocycles. The Labute approximate surface area is 157 Å². The summed E-state index contributed by atoms with van der Waals surface area (Å²) in [4.78, 5) is 12.2. The largest absolute Gasteiger partial charge is 0.350 e. The van der Waals surface area contributed by atoms with Crippen molar-refractivity contribution >= 4 is 44.8 Å². The first-order chi connectivity index (χ1) is 11.6. The Morgan fingerprint density at radius 2 is 1.76 bits per heavy atom. The molecule has 1 amide bonds. The zero-order valence-electron chi connectivity index (χ0n) is 13.8. The van der Waals surface area contributed by atoms with Crippen molar-refractivity contribution in [3.8, 4) is 0 Å². The van der Waals surface area contributed by atoms with Crippen LogP contribution in [0.25, 0.3) is 0 Å². The first kappa shape index (κ1) is 19.6. The van der Waals surface area contributed by atoms with E-state index < -0.39 is 15.9 Å². The number of benzene rings is 2. The van der Waals surface area contributed by atoms with Gasteiger partial charge in [-0.1, -0.05) is 53.0 Å². The van der Waals surface area contributed by atoms with Gasteiger partial charge < -0.3 is 5.32 Å². The number of nitrogens with zero attached hydrogens (tertiary/aromatic N) is 1. The molecule has 0 saturated heterocycles. The van der Waals surface area contributed by atoms with Crippen LogP contribution in [-0.2, 0) is 21.4 Å². The van der Waals surface area contributed by atoms with Crippen molar-refractivity contribution in [3.05, 3.63) is 63.6 Å². The van der Waals surface area contributed by atoms with E-state index in [1.165, 1.54) is 18.2 Å². The molecule has 134 valence electrons. The molecular formula is C17H18Cl2N2O3S. The summed E-state index contributed by atoms with van der Waals surface area (Å²) in [7, 11) is -3.68. The van der Waals surface area contributed by atoms with E-state index >= 15 is 0 Å². The van der Waals surface area contributed by atoms with Gasteiger partial charge in [0.05, 0.1) is 11.9 Å². The van der Waals surface area contributed by atoms with Gasteiger partial charge in [0.25, 0.3) is 0 Å². The fraction of sp³-hybridized carbons (Fsp3) is 0.235. The van der Waals surface area contributed by atoms with E-state index in [9.17, 15) is 13.2 Å². The average molecular weight is 401 g/mol. The van der Waals surface area contributed by atoms with Crippen molar-refractivity contribution in [1.29, 1.82) is 0 Å². The Balaban J connectivity index is 2.13. The van der Waals surface area contributed by atoms with Gasteiger partial charge >= 0.3 is 0 Å². The summed E-state index contributed by atoms with van der Waals surface area (Å²) in [5, 5.41) is 3.29.